The monoisotopic (exact) mass is 630 g/mol. The highest BCUT2D eigenvalue weighted by molar-refractivity contribution is 6.09. The average molecular weight is 631 g/mol. The lowest BCUT2D eigenvalue weighted by atomic mass is 9.94. The van der Waals surface area contributed by atoms with Crippen molar-refractivity contribution in [1.29, 1.82) is 10.7 Å². The molecular weight excluding hydrogens is 597 g/mol. The maximum atomic E-state index is 9.92. The van der Waals surface area contributed by atoms with Crippen LogP contribution in [0.25, 0.3) is 49.7 Å². The van der Waals surface area contributed by atoms with Crippen LogP contribution in [-0.4, -0.2) is 10.4 Å². The van der Waals surface area contributed by atoms with Crippen LogP contribution in [0.2, 0.25) is 0 Å². The Balaban J connectivity index is 0.000000367. The molecule has 0 saturated carbocycles. The first-order valence-corrected chi connectivity index (χ1v) is 16.2. The van der Waals surface area contributed by atoms with Gasteiger partial charge in [-0.3, -0.25) is 5.41 Å². The van der Waals surface area contributed by atoms with Crippen LogP contribution >= 0.6 is 0 Å². The van der Waals surface area contributed by atoms with Gasteiger partial charge in [-0.1, -0.05) is 133 Å². The molecule has 0 unspecified atom stereocenters. The summed E-state index contributed by atoms with van der Waals surface area (Å²) in [5.41, 5.74) is 16.9. The molecule has 0 radical (unpaired) electrons. The molecule has 0 saturated heterocycles. The third kappa shape index (κ3) is 6.74. The number of rotatable bonds is 6. The Morgan fingerprint density at radius 2 is 1.06 bits per heavy atom. The highest BCUT2D eigenvalue weighted by atomic mass is 15.0. The summed E-state index contributed by atoms with van der Waals surface area (Å²) in [5.74, 6) is 0.121. The van der Waals surface area contributed by atoms with E-state index in [0.717, 1.165) is 39.9 Å². The molecular formula is C45H34N4. The number of nitrogens with one attached hydrogen (secondary N) is 1. The fourth-order valence-electron chi connectivity index (χ4n) is 6.36. The average Bonchev–Trinajstić information content (AvgIpc) is 3.50. The number of nitrogens with zero attached hydrogens (tertiary/aromatic N) is 2. The number of amidine groups is 1. The first kappa shape index (κ1) is 30.9. The minimum atomic E-state index is 0.121. The summed E-state index contributed by atoms with van der Waals surface area (Å²) < 4.78 is 2.33. The summed E-state index contributed by atoms with van der Waals surface area (Å²) in [6.45, 7) is 0. The fraction of sp³-hybridized carbons (Fsp3) is 0.0222. The molecule has 0 spiro atoms. The van der Waals surface area contributed by atoms with Gasteiger partial charge in [-0.15, -0.1) is 0 Å². The molecule has 8 rings (SSSR count). The van der Waals surface area contributed by atoms with E-state index in [2.05, 4.69) is 138 Å². The number of nitrogen functional groups attached to an aromatic ring is 1. The third-order valence-corrected chi connectivity index (χ3v) is 8.68. The van der Waals surface area contributed by atoms with E-state index in [4.69, 9.17) is 11.1 Å². The molecule has 4 heteroatoms. The van der Waals surface area contributed by atoms with Crippen molar-refractivity contribution in [1.82, 2.24) is 4.57 Å². The zero-order chi connectivity index (χ0) is 33.6. The fourth-order valence-corrected chi connectivity index (χ4v) is 6.36. The largest absolute Gasteiger partial charge is 0.384 e. The number of para-hydroxylation sites is 2. The van der Waals surface area contributed by atoms with Gasteiger partial charge in [0.2, 0.25) is 0 Å². The molecule has 0 aliphatic rings. The number of nitrogens with two attached hydrogens (primary N) is 1. The van der Waals surface area contributed by atoms with Crippen molar-refractivity contribution in [2.75, 3.05) is 0 Å². The van der Waals surface area contributed by atoms with Crippen LogP contribution in [0.4, 0.5) is 0 Å². The molecule has 1 aromatic heterocycles. The van der Waals surface area contributed by atoms with E-state index in [1.807, 2.05) is 48.5 Å². The van der Waals surface area contributed by atoms with Crippen LogP contribution < -0.4 is 5.73 Å². The maximum absolute atomic E-state index is 9.92. The van der Waals surface area contributed by atoms with Gasteiger partial charge in [-0.25, -0.2) is 0 Å². The predicted octanol–water partition coefficient (Wildman–Crippen LogP) is 10.6. The van der Waals surface area contributed by atoms with Crippen LogP contribution in [0.15, 0.2) is 176 Å². The van der Waals surface area contributed by atoms with Crippen molar-refractivity contribution in [3.8, 4) is 34.0 Å². The Morgan fingerprint density at radius 1 is 0.531 bits per heavy atom. The minimum absolute atomic E-state index is 0.121. The molecule has 0 aliphatic heterocycles. The predicted molar refractivity (Wildman–Crippen MR) is 203 cm³/mol. The third-order valence-electron chi connectivity index (χ3n) is 8.68. The Morgan fingerprint density at radius 3 is 1.65 bits per heavy atom. The second-order valence-corrected chi connectivity index (χ2v) is 12.0. The number of fused-ring (bicyclic) bond motifs is 3. The maximum Gasteiger partial charge on any atom is 0.122 e. The van der Waals surface area contributed by atoms with Crippen molar-refractivity contribution in [2.45, 2.75) is 6.42 Å². The smallest absolute Gasteiger partial charge is 0.122 e. The van der Waals surface area contributed by atoms with E-state index < -0.39 is 0 Å². The van der Waals surface area contributed by atoms with Gasteiger partial charge in [0.15, 0.2) is 0 Å². The molecule has 1 heterocycles. The Bertz CT molecular complexity index is 2400. The van der Waals surface area contributed by atoms with Crippen molar-refractivity contribution in [3.63, 3.8) is 0 Å². The Labute approximate surface area is 286 Å². The van der Waals surface area contributed by atoms with E-state index in [0.29, 0.717) is 5.56 Å². The summed E-state index contributed by atoms with van der Waals surface area (Å²) in [6.07, 6.45) is 0.875. The molecule has 7 aromatic carbocycles. The summed E-state index contributed by atoms with van der Waals surface area (Å²) in [6, 6.07) is 62.7. The molecule has 8 aromatic rings. The van der Waals surface area contributed by atoms with E-state index >= 15 is 0 Å². The number of benzene rings is 7. The summed E-state index contributed by atoms with van der Waals surface area (Å²) in [4.78, 5) is 0. The Kier molecular flexibility index (Phi) is 8.82. The summed E-state index contributed by atoms with van der Waals surface area (Å²) in [5, 5.41) is 19.4. The zero-order valence-corrected chi connectivity index (χ0v) is 26.9. The molecule has 3 N–H and O–H groups in total. The van der Waals surface area contributed by atoms with Crippen LogP contribution in [0.5, 0.6) is 0 Å². The summed E-state index contributed by atoms with van der Waals surface area (Å²) in [7, 11) is 0. The van der Waals surface area contributed by atoms with E-state index in [9.17, 15) is 5.26 Å². The summed E-state index contributed by atoms with van der Waals surface area (Å²) >= 11 is 0. The van der Waals surface area contributed by atoms with Crippen LogP contribution in [-0.2, 0) is 6.42 Å². The van der Waals surface area contributed by atoms with Gasteiger partial charge >= 0.3 is 0 Å². The van der Waals surface area contributed by atoms with Crippen LogP contribution in [0, 0.1) is 16.7 Å². The normalized spacial score (nSPS) is 10.7. The molecule has 0 atom stereocenters. The SMILES string of the molecule is N#Cc1cc(-c2cccc(Cc3ccccc3)c2)cc(-c2cccc(-n3c4ccccc4c4ccccc43)c2)c1.N=C(N)c1ccccc1. The van der Waals surface area contributed by atoms with E-state index in [1.165, 1.54) is 32.9 Å². The van der Waals surface area contributed by atoms with Crippen LogP contribution in [0.1, 0.15) is 22.3 Å². The van der Waals surface area contributed by atoms with Gasteiger partial charge in [-0.05, 0) is 82.3 Å². The minimum Gasteiger partial charge on any atom is -0.384 e. The van der Waals surface area contributed by atoms with Gasteiger partial charge in [0.25, 0.3) is 0 Å². The van der Waals surface area contributed by atoms with Crippen LogP contribution in [0.3, 0.4) is 0 Å². The van der Waals surface area contributed by atoms with Crippen molar-refractivity contribution in [2.24, 2.45) is 5.73 Å². The van der Waals surface area contributed by atoms with Gasteiger partial charge < -0.3 is 10.3 Å². The van der Waals surface area contributed by atoms with E-state index in [1.54, 1.807) is 0 Å². The molecule has 234 valence electrons. The van der Waals surface area contributed by atoms with Gasteiger partial charge in [0, 0.05) is 22.0 Å². The number of hydrogen-bond acceptors (Lipinski definition) is 2. The van der Waals surface area contributed by atoms with Gasteiger partial charge in [0.05, 0.1) is 22.7 Å². The second-order valence-electron chi connectivity index (χ2n) is 12.0. The van der Waals surface area contributed by atoms with Crippen molar-refractivity contribution < 1.29 is 0 Å². The lowest BCUT2D eigenvalue weighted by molar-refractivity contribution is 1.18. The molecule has 49 heavy (non-hydrogen) atoms. The van der Waals surface area contributed by atoms with Gasteiger partial charge in [0.1, 0.15) is 5.84 Å². The standard InChI is InChI=1S/C38H26N2.C7H8N2/c39-26-29-22-32(30-13-8-12-28(21-30)20-27-10-2-1-3-11-27)24-33(23-29)31-14-9-15-34(25-31)40-37-18-6-4-16-35(37)36-17-5-7-19-38(36)40;8-7(9)6-4-2-1-3-5-6/h1-19,21-25H,20H2;1-5H,(H3,8,9). The number of nitriles is 1. The quantitative estimate of drug-likeness (QED) is 0.142. The van der Waals surface area contributed by atoms with E-state index in [-0.39, 0.29) is 5.84 Å². The molecule has 0 aliphatic carbocycles. The lowest BCUT2D eigenvalue weighted by Gasteiger charge is -2.12. The Hall–Kier alpha value is -6.70. The number of hydrogen-bond donors (Lipinski definition) is 2. The topological polar surface area (TPSA) is 78.6 Å². The first-order valence-electron chi connectivity index (χ1n) is 16.2. The molecule has 0 fully saturated rings. The second kappa shape index (κ2) is 14.0. The number of aromatic nitrogens is 1. The van der Waals surface area contributed by atoms with Gasteiger partial charge in [-0.2, -0.15) is 5.26 Å². The van der Waals surface area contributed by atoms with Crippen molar-refractivity contribution >= 4 is 27.6 Å². The highest BCUT2D eigenvalue weighted by Gasteiger charge is 2.13. The molecule has 0 amide bonds. The van der Waals surface area contributed by atoms with Crippen molar-refractivity contribution in [3.05, 3.63) is 198 Å². The lowest BCUT2D eigenvalue weighted by Crippen LogP contribution is -2.10. The highest BCUT2D eigenvalue weighted by Crippen LogP contribution is 2.34. The first-order chi connectivity index (χ1) is 24.1. The molecule has 0 bridgehead atoms. The molecule has 4 nitrogen and oxygen atoms in total. The zero-order valence-electron chi connectivity index (χ0n) is 26.9.